The first-order valence-corrected chi connectivity index (χ1v) is 8.01. The number of ketones is 1. The summed E-state index contributed by atoms with van der Waals surface area (Å²) >= 11 is 0. The molecule has 3 fully saturated rings. The molecule has 1 spiro atoms. The van der Waals surface area contributed by atoms with Crippen LogP contribution in [0, 0.1) is 11.8 Å². The third-order valence-electron chi connectivity index (χ3n) is 5.37. The first-order valence-electron chi connectivity index (χ1n) is 8.01. The van der Waals surface area contributed by atoms with Gasteiger partial charge in [-0.1, -0.05) is 6.42 Å². The van der Waals surface area contributed by atoms with Crippen LogP contribution >= 0.6 is 0 Å². The van der Waals surface area contributed by atoms with Crippen molar-refractivity contribution in [3.8, 4) is 0 Å². The van der Waals surface area contributed by atoms with Crippen molar-refractivity contribution in [3.05, 3.63) is 0 Å². The summed E-state index contributed by atoms with van der Waals surface area (Å²) in [6, 6.07) is 0. The second-order valence-electron chi connectivity index (χ2n) is 6.65. The highest BCUT2D eigenvalue weighted by Crippen LogP contribution is 2.42. The monoisotopic (exact) mass is 266 g/mol. The molecule has 2 saturated heterocycles. The summed E-state index contributed by atoms with van der Waals surface area (Å²) in [5, 5.41) is 0. The third-order valence-corrected chi connectivity index (χ3v) is 5.37. The summed E-state index contributed by atoms with van der Waals surface area (Å²) in [7, 11) is 0. The summed E-state index contributed by atoms with van der Waals surface area (Å²) in [5.41, 5.74) is 0.0799. The molecule has 2 heterocycles. The highest BCUT2D eigenvalue weighted by molar-refractivity contribution is 5.78. The molecule has 3 nitrogen and oxygen atoms in total. The number of rotatable bonds is 1. The minimum absolute atomic E-state index is 0.0799. The van der Waals surface area contributed by atoms with Crippen molar-refractivity contribution in [2.45, 2.75) is 63.4 Å². The average molecular weight is 266 g/mol. The third kappa shape index (κ3) is 3.19. The van der Waals surface area contributed by atoms with E-state index in [0.717, 1.165) is 64.8 Å². The fourth-order valence-corrected chi connectivity index (χ4v) is 4.19. The van der Waals surface area contributed by atoms with Crippen LogP contribution in [0.1, 0.15) is 57.8 Å². The van der Waals surface area contributed by atoms with Crippen molar-refractivity contribution in [1.29, 1.82) is 0 Å². The summed E-state index contributed by atoms with van der Waals surface area (Å²) in [6.07, 6.45) is 9.66. The molecule has 0 aromatic carbocycles. The molecule has 3 heteroatoms. The van der Waals surface area contributed by atoms with Crippen molar-refractivity contribution >= 4 is 5.78 Å². The molecule has 0 amide bonds. The molecular weight excluding hydrogens is 240 g/mol. The van der Waals surface area contributed by atoms with E-state index in [4.69, 9.17) is 9.47 Å². The zero-order valence-electron chi connectivity index (χ0n) is 11.9. The van der Waals surface area contributed by atoms with Crippen LogP contribution in [0.2, 0.25) is 0 Å². The molecule has 108 valence electrons. The Labute approximate surface area is 116 Å². The molecule has 3 rings (SSSR count). The molecule has 0 bridgehead atoms. The zero-order valence-corrected chi connectivity index (χ0v) is 11.9. The Morgan fingerprint density at radius 1 is 1.00 bits per heavy atom. The number of hydrogen-bond acceptors (Lipinski definition) is 3. The van der Waals surface area contributed by atoms with Gasteiger partial charge in [-0.3, -0.25) is 4.79 Å². The molecule has 3 aliphatic rings. The van der Waals surface area contributed by atoms with E-state index < -0.39 is 0 Å². The van der Waals surface area contributed by atoms with Crippen LogP contribution in [0.4, 0.5) is 0 Å². The standard InChI is InChI=1S/C16H26O3/c17-15-4-2-1-3-13(11-15)14-5-8-19-16(12-14)6-9-18-10-7-16/h13-14H,1-12H2. The van der Waals surface area contributed by atoms with Crippen molar-refractivity contribution < 1.29 is 14.3 Å². The van der Waals surface area contributed by atoms with Crippen LogP contribution in [0.5, 0.6) is 0 Å². The molecule has 2 atom stereocenters. The topological polar surface area (TPSA) is 35.5 Å². The lowest BCUT2D eigenvalue weighted by Crippen LogP contribution is -2.45. The van der Waals surface area contributed by atoms with E-state index in [9.17, 15) is 4.79 Å². The summed E-state index contributed by atoms with van der Waals surface area (Å²) in [4.78, 5) is 11.9. The summed E-state index contributed by atoms with van der Waals surface area (Å²) in [5.74, 6) is 1.82. The van der Waals surface area contributed by atoms with Crippen molar-refractivity contribution in [1.82, 2.24) is 0 Å². The fraction of sp³-hybridized carbons (Fsp3) is 0.938. The van der Waals surface area contributed by atoms with Crippen LogP contribution < -0.4 is 0 Å². The lowest BCUT2D eigenvalue weighted by Gasteiger charge is -2.45. The van der Waals surface area contributed by atoms with Gasteiger partial charge in [0, 0.05) is 32.7 Å². The zero-order chi connectivity index (χ0) is 13.1. The Hall–Kier alpha value is -0.410. The van der Waals surface area contributed by atoms with Crippen LogP contribution in [0.15, 0.2) is 0 Å². The van der Waals surface area contributed by atoms with E-state index in [0.29, 0.717) is 17.6 Å². The number of carbonyl (C=O) groups excluding carboxylic acids is 1. The second kappa shape index (κ2) is 5.92. The largest absolute Gasteiger partial charge is 0.381 e. The highest BCUT2D eigenvalue weighted by atomic mass is 16.5. The maximum atomic E-state index is 11.9. The molecule has 2 aliphatic heterocycles. The molecule has 1 saturated carbocycles. The number of Topliss-reactive ketones (excluding diaryl/α,β-unsaturated/α-hetero) is 1. The molecular formula is C16H26O3. The maximum absolute atomic E-state index is 11.9. The molecule has 0 N–H and O–H groups in total. The summed E-state index contributed by atoms with van der Waals surface area (Å²) < 4.78 is 11.6. The fourth-order valence-electron chi connectivity index (χ4n) is 4.19. The Balaban J connectivity index is 1.65. The van der Waals surface area contributed by atoms with E-state index in [-0.39, 0.29) is 5.60 Å². The SMILES string of the molecule is O=C1CCCCC(C2CCOC3(CCOCC3)C2)C1. The predicted octanol–water partition coefficient (Wildman–Crippen LogP) is 3.11. The first kappa shape index (κ1) is 13.6. The Morgan fingerprint density at radius 2 is 1.84 bits per heavy atom. The second-order valence-corrected chi connectivity index (χ2v) is 6.65. The van der Waals surface area contributed by atoms with E-state index in [1.54, 1.807) is 0 Å². The van der Waals surface area contributed by atoms with Gasteiger partial charge in [0.25, 0.3) is 0 Å². The van der Waals surface area contributed by atoms with Gasteiger partial charge in [0.15, 0.2) is 0 Å². The lowest BCUT2D eigenvalue weighted by atomic mass is 9.73. The van der Waals surface area contributed by atoms with E-state index >= 15 is 0 Å². The van der Waals surface area contributed by atoms with Gasteiger partial charge < -0.3 is 9.47 Å². The number of hydrogen-bond donors (Lipinski definition) is 0. The quantitative estimate of drug-likeness (QED) is 0.684. The van der Waals surface area contributed by atoms with Gasteiger partial charge in [-0.05, 0) is 50.4 Å². The van der Waals surface area contributed by atoms with Gasteiger partial charge in [-0.2, -0.15) is 0 Å². The maximum Gasteiger partial charge on any atom is 0.133 e. The summed E-state index contributed by atoms with van der Waals surface area (Å²) in [6.45, 7) is 2.57. The van der Waals surface area contributed by atoms with Gasteiger partial charge in [-0.25, -0.2) is 0 Å². The van der Waals surface area contributed by atoms with Gasteiger partial charge in [0.1, 0.15) is 5.78 Å². The first-order chi connectivity index (χ1) is 9.27. The van der Waals surface area contributed by atoms with Crippen LogP contribution in [-0.4, -0.2) is 31.2 Å². The predicted molar refractivity (Wildman–Crippen MR) is 73.0 cm³/mol. The Kier molecular flexibility index (Phi) is 4.23. The lowest BCUT2D eigenvalue weighted by molar-refractivity contribution is -0.154. The Morgan fingerprint density at radius 3 is 2.68 bits per heavy atom. The van der Waals surface area contributed by atoms with E-state index in [1.807, 2.05) is 0 Å². The van der Waals surface area contributed by atoms with Gasteiger partial charge in [0.05, 0.1) is 5.60 Å². The van der Waals surface area contributed by atoms with Gasteiger partial charge in [0.2, 0.25) is 0 Å². The molecule has 0 radical (unpaired) electrons. The smallest absolute Gasteiger partial charge is 0.133 e. The van der Waals surface area contributed by atoms with E-state index in [1.165, 1.54) is 12.8 Å². The normalized spacial score (nSPS) is 36.1. The molecule has 0 aromatic heterocycles. The van der Waals surface area contributed by atoms with Gasteiger partial charge >= 0.3 is 0 Å². The minimum atomic E-state index is 0.0799. The molecule has 2 unspecified atom stereocenters. The van der Waals surface area contributed by atoms with Crippen LogP contribution in [0.3, 0.4) is 0 Å². The van der Waals surface area contributed by atoms with Crippen LogP contribution in [0.25, 0.3) is 0 Å². The number of carbonyl (C=O) groups is 1. The van der Waals surface area contributed by atoms with Gasteiger partial charge in [-0.15, -0.1) is 0 Å². The van der Waals surface area contributed by atoms with Crippen molar-refractivity contribution in [2.24, 2.45) is 11.8 Å². The molecule has 19 heavy (non-hydrogen) atoms. The highest BCUT2D eigenvalue weighted by Gasteiger charge is 2.41. The van der Waals surface area contributed by atoms with E-state index in [2.05, 4.69) is 0 Å². The molecule has 1 aliphatic carbocycles. The minimum Gasteiger partial charge on any atom is -0.381 e. The average Bonchev–Trinajstić information content (AvgIpc) is 2.64. The van der Waals surface area contributed by atoms with Crippen molar-refractivity contribution in [3.63, 3.8) is 0 Å². The molecule has 0 aromatic rings. The Bertz CT molecular complexity index is 314. The van der Waals surface area contributed by atoms with Crippen LogP contribution in [-0.2, 0) is 14.3 Å². The number of ether oxygens (including phenoxy) is 2. The van der Waals surface area contributed by atoms with Crippen molar-refractivity contribution in [2.75, 3.05) is 19.8 Å².